The van der Waals surface area contributed by atoms with Gasteiger partial charge in [0.25, 0.3) is 0 Å². The maximum atomic E-state index is 8.80. The summed E-state index contributed by atoms with van der Waals surface area (Å²) in [4.78, 5) is 2.28. The molecule has 0 aliphatic carbocycles. The number of thiol groups is 1. The van der Waals surface area contributed by atoms with Gasteiger partial charge in [0.05, 0.1) is 11.6 Å². The first-order valence-electron chi connectivity index (χ1n) is 5.54. The molecule has 0 fully saturated rings. The Bertz CT molecular complexity index is 357. The van der Waals surface area contributed by atoms with Crippen molar-refractivity contribution in [3.05, 3.63) is 35.4 Å². The molecule has 0 N–H and O–H groups in total. The van der Waals surface area contributed by atoms with Crippen molar-refractivity contribution in [2.45, 2.75) is 19.4 Å². The molecule has 16 heavy (non-hydrogen) atoms. The fraction of sp³-hybridized carbons (Fsp3) is 0.462. The number of nitrogens with zero attached hydrogens (tertiary/aromatic N) is 2. The highest BCUT2D eigenvalue weighted by Gasteiger charge is 2.00. The van der Waals surface area contributed by atoms with Gasteiger partial charge in [-0.3, -0.25) is 0 Å². The van der Waals surface area contributed by atoms with Gasteiger partial charge in [-0.05, 0) is 49.9 Å². The Morgan fingerprint density at radius 3 is 2.88 bits per heavy atom. The van der Waals surface area contributed by atoms with Crippen molar-refractivity contribution >= 4 is 12.6 Å². The fourth-order valence-corrected chi connectivity index (χ4v) is 1.85. The van der Waals surface area contributed by atoms with E-state index in [4.69, 9.17) is 5.26 Å². The van der Waals surface area contributed by atoms with Crippen LogP contribution in [0.1, 0.15) is 24.0 Å². The van der Waals surface area contributed by atoms with Crippen LogP contribution in [-0.2, 0) is 6.54 Å². The third-order valence-electron chi connectivity index (χ3n) is 2.46. The fourth-order valence-electron chi connectivity index (χ4n) is 1.62. The van der Waals surface area contributed by atoms with Gasteiger partial charge in [0.15, 0.2) is 0 Å². The van der Waals surface area contributed by atoms with Gasteiger partial charge >= 0.3 is 0 Å². The third-order valence-corrected chi connectivity index (χ3v) is 2.77. The van der Waals surface area contributed by atoms with Crippen molar-refractivity contribution in [2.75, 3.05) is 19.3 Å². The highest BCUT2D eigenvalue weighted by molar-refractivity contribution is 7.80. The van der Waals surface area contributed by atoms with Crippen LogP contribution in [0.5, 0.6) is 0 Å². The van der Waals surface area contributed by atoms with Crippen LogP contribution in [0.3, 0.4) is 0 Å². The molecule has 2 nitrogen and oxygen atoms in total. The number of nitriles is 1. The first kappa shape index (κ1) is 13.1. The Labute approximate surface area is 103 Å². The standard InChI is InChI=1S/C13H18N2S/c1-15(7-2-3-8-16)11-13-6-4-5-12(9-13)10-14/h4-6,9,16H,2-3,7-8,11H2,1H3. The Balaban J connectivity index is 2.43. The molecule has 86 valence electrons. The van der Waals surface area contributed by atoms with E-state index in [9.17, 15) is 0 Å². The molecule has 0 radical (unpaired) electrons. The van der Waals surface area contributed by atoms with Crippen LogP contribution in [-0.4, -0.2) is 24.2 Å². The predicted octanol–water partition coefficient (Wildman–Crippen LogP) is 2.70. The van der Waals surface area contributed by atoms with E-state index in [1.807, 2.05) is 18.2 Å². The summed E-state index contributed by atoms with van der Waals surface area (Å²) < 4.78 is 0. The topological polar surface area (TPSA) is 27.0 Å². The summed E-state index contributed by atoms with van der Waals surface area (Å²) in [6.45, 7) is 1.99. The van der Waals surface area contributed by atoms with Crippen LogP contribution in [0, 0.1) is 11.3 Å². The Morgan fingerprint density at radius 2 is 2.19 bits per heavy atom. The van der Waals surface area contributed by atoms with Gasteiger partial charge in [-0.25, -0.2) is 0 Å². The molecule has 1 aromatic carbocycles. The van der Waals surface area contributed by atoms with Gasteiger partial charge in [-0.2, -0.15) is 17.9 Å². The van der Waals surface area contributed by atoms with Gasteiger partial charge in [0.2, 0.25) is 0 Å². The van der Waals surface area contributed by atoms with E-state index >= 15 is 0 Å². The zero-order valence-corrected chi connectivity index (χ0v) is 10.6. The molecule has 0 unspecified atom stereocenters. The average Bonchev–Trinajstić information content (AvgIpc) is 2.29. The average molecular weight is 234 g/mol. The van der Waals surface area contributed by atoms with Crippen molar-refractivity contribution in [3.8, 4) is 6.07 Å². The van der Waals surface area contributed by atoms with E-state index in [1.165, 1.54) is 12.0 Å². The molecule has 1 rings (SSSR count). The smallest absolute Gasteiger partial charge is 0.0991 e. The van der Waals surface area contributed by atoms with Crippen molar-refractivity contribution in [3.63, 3.8) is 0 Å². The molecule has 0 amide bonds. The predicted molar refractivity (Wildman–Crippen MR) is 70.6 cm³/mol. The van der Waals surface area contributed by atoms with Crippen LogP contribution < -0.4 is 0 Å². The molecular weight excluding hydrogens is 216 g/mol. The molecule has 1 aromatic rings. The molecule has 0 aliphatic rings. The summed E-state index contributed by atoms with van der Waals surface area (Å²) in [5.74, 6) is 0.956. The molecular formula is C13H18N2S. The highest BCUT2D eigenvalue weighted by Crippen LogP contribution is 2.07. The van der Waals surface area contributed by atoms with Crippen molar-refractivity contribution in [1.29, 1.82) is 5.26 Å². The lowest BCUT2D eigenvalue weighted by Crippen LogP contribution is -2.19. The number of rotatable bonds is 6. The first-order chi connectivity index (χ1) is 7.76. The lowest BCUT2D eigenvalue weighted by Gasteiger charge is -2.16. The van der Waals surface area contributed by atoms with Crippen molar-refractivity contribution in [2.24, 2.45) is 0 Å². The molecule has 0 atom stereocenters. The molecule has 0 saturated heterocycles. The van der Waals surface area contributed by atoms with E-state index in [0.717, 1.165) is 30.8 Å². The second kappa shape index (κ2) is 7.32. The minimum Gasteiger partial charge on any atom is -0.302 e. The molecule has 0 aromatic heterocycles. The second-order valence-electron chi connectivity index (χ2n) is 3.98. The van der Waals surface area contributed by atoms with Crippen molar-refractivity contribution < 1.29 is 0 Å². The van der Waals surface area contributed by atoms with Crippen LogP contribution in [0.4, 0.5) is 0 Å². The van der Waals surface area contributed by atoms with E-state index in [-0.39, 0.29) is 0 Å². The van der Waals surface area contributed by atoms with Crippen LogP contribution in [0.15, 0.2) is 24.3 Å². The number of hydrogen-bond acceptors (Lipinski definition) is 3. The molecule has 0 spiro atoms. The first-order valence-corrected chi connectivity index (χ1v) is 6.18. The van der Waals surface area contributed by atoms with E-state index < -0.39 is 0 Å². The summed E-state index contributed by atoms with van der Waals surface area (Å²) in [5.41, 5.74) is 1.94. The van der Waals surface area contributed by atoms with Crippen LogP contribution in [0.25, 0.3) is 0 Å². The Morgan fingerprint density at radius 1 is 1.38 bits per heavy atom. The van der Waals surface area contributed by atoms with Gasteiger partial charge in [0.1, 0.15) is 0 Å². The monoisotopic (exact) mass is 234 g/mol. The largest absolute Gasteiger partial charge is 0.302 e. The number of unbranched alkanes of at least 4 members (excludes halogenated alkanes) is 1. The lowest BCUT2D eigenvalue weighted by atomic mass is 10.1. The highest BCUT2D eigenvalue weighted by atomic mass is 32.1. The van der Waals surface area contributed by atoms with Crippen molar-refractivity contribution in [1.82, 2.24) is 4.90 Å². The van der Waals surface area contributed by atoms with Crippen LogP contribution >= 0.6 is 12.6 Å². The lowest BCUT2D eigenvalue weighted by molar-refractivity contribution is 0.321. The molecule has 0 heterocycles. The third kappa shape index (κ3) is 4.69. The zero-order valence-electron chi connectivity index (χ0n) is 9.69. The molecule has 3 heteroatoms. The Hall–Kier alpha value is -0.980. The minimum atomic E-state index is 0.737. The van der Waals surface area contributed by atoms with Crippen LogP contribution in [0.2, 0.25) is 0 Å². The SMILES string of the molecule is CN(CCCCS)Cc1cccc(C#N)c1. The van der Waals surface area contributed by atoms with E-state index in [0.29, 0.717) is 0 Å². The number of hydrogen-bond donors (Lipinski definition) is 1. The molecule has 0 saturated carbocycles. The summed E-state index contributed by atoms with van der Waals surface area (Å²) in [7, 11) is 2.11. The second-order valence-corrected chi connectivity index (χ2v) is 4.43. The van der Waals surface area contributed by atoms with Gasteiger partial charge < -0.3 is 4.90 Å². The van der Waals surface area contributed by atoms with Gasteiger partial charge in [0, 0.05) is 6.54 Å². The summed E-state index contributed by atoms with van der Waals surface area (Å²) >= 11 is 4.19. The normalized spacial score (nSPS) is 10.4. The Kier molecular flexibility index (Phi) is 5.99. The summed E-state index contributed by atoms with van der Waals surface area (Å²) in [6.07, 6.45) is 2.34. The maximum Gasteiger partial charge on any atom is 0.0991 e. The minimum absolute atomic E-state index is 0.737. The molecule has 0 bridgehead atoms. The maximum absolute atomic E-state index is 8.80. The molecule has 0 aliphatic heterocycles. The zero-order chi connectivity index (χ0) is 11.8. The summed E-state index contributed by atoms with van der Waals surface area (Å²) in [6, 6.07) is 9.96. The van der Waals surface area contributed by atoms with E-state index in [1.54, 1.807) is 0 Å². The summed E-state index contributed by atoms with van der Waals surface area (Å²) in [5, 5.41) is 8.80. The number of benzene rings is 1. The quantitative estimate of drug-likeness (QED) is 0.605. The van der Waals surface area contributed by atoms with E-state index in [2.05, 4.69) is 36.7 Å². The van der Waals surface area contributed by atoms with Gasteiger partial charge in [-0.15, -0.1) is 0 Å². The van der Waals surface area contributed by atoms with Gasteiger partial charge in [-0.1, -0.05) is 12.1 Å².